The zero-order chi connectivity index (χ0) is 25.8. The van der Waals surface area contributed by atoms with Gasteiger partial charge in [0.05, 0.1) is 6.10 Å². The van der Waals surface area contributed by atoms with Gasteiger partial charge in [-0.3, -0.25) is 19.2 Å². The highest BCUT2D eigenvalue weighted by molar-refractivity contribution is 5.92. The van der Waals surface area contributed by atoms with Crippen LogP contribution in [0.2, 0.25) is 0 Å². The summed E-state index contributed by atoms with van der Waals surface area (Å²) in [7, 11) is 0. The molecule has 4 unspecified atom stereocenters. The first-order chi connectivity index (χ1) is 16.3. The standard InChI is InChI=1S/C26H37NO8/c1-24-9-7-15(28)11-14(24)3-4-16-17-8-10-26(34,25(17,2)12-19(29)22(16)24)20(30)13-35-23(33)18(27)5-6-21(31)32/h11,16-19,22,29,34H,3-10,12-13,27H2,1-2H3,(H,31,32)/t16?,17?,18-,19?,22?,24-,25-,26-/m0/s1. The number of aliphatic hydroxyl groups is 2. The van der Waals surface area contributed by atoms with E-state index in [-0.39, 0.29) is 54.6 Å². The molecule has 0 amide bonds. The highest BCUT2D eigenvalue weighted by Gasteiger charge is 2.68. The van der Waals surface area contributed by atoms with E-state index in [0.29, 0.717) is 19.3 Å². The van der Waals surface area contributed by atoms with Gasteiger partial charge in [-0.05, 0) is 74.2 Å². The molecule has 4 rings (SSSR count). The monoisotopic (exact) mass is 491 g/mol. The van der Waals surface area contributed by atoms with Gasteiger partial charge in [-0.25, -0.2) is 0 Å². The lowest BCUT2D eigenvalue weighted by Crippen LogP contribution is -2.62. The number of carbonyl (C=O) groups excluding carboxylic acids is 3. The molecule has 35 heavy (non-hydrogen) atoms. The number of allylic oxidation sites excluding steroid dienone is 1. The predicted molar refractivity (Wildman–Crippen MR) is 124 cm³/mol. The minimum Gasteiger partial charge on any atom is -0.481 e. The van der Waals surface area contributed by atoms with E-state index < -0.39 is 47.5 Å². The molecule has 194 valence electrons. The van der Waals surface area contributed by atoms with Crippen molar-refractivity contribution in [3.05, 3.63) is 11.6 Å². The van der Waals surface area contributed by atoms with Gasteiger partial charge in [0.2, 0.25) is 5.78 Å². The maximum absolute atomic E-state index is 13.2. The van der Waals surface area contributed by atoms with Crippen molar-refractivity contribution in [2.45, 2.75) is 89.4 Å². The number of hydrogen-bond acceptors (Lipinski definition) is 8. The number of aliphatic hydroxyl groups excluding tert-OH is 1. The number of aliphatic carboxylic acids is 1. The maximum Gasteiger partial charge on any atom is 0.323 e. The van der Waals surface area contributed by atoms with Crippen molar-refractivity contribution in [3.63, 3.8) is 0 Å². The summed E-state index contributed by atoms with van der Waals surface area (Å²) in [6.45, 7) is 3.36. The van der Waals surface area contributed by atoms with Gasteiger partial charge in [-0.15, -0.1) is 0 Å². The lowest BCUT2D eigenvalue weighted by atomic mass is 9.45. The van der Waals surface area contributed by atoms with Gasteiger partial charge in [-0.1, -0.05) is 19.4 Å². The summed E-state index contributed by atoms with van der Waals surface area (Å²) in [5, 5.41) is 31.8. The molecule has 0 aromatic heterocycles. The number of carboxylic acid groups (broad SMARTS) is 1. The van der Waals surface area contributed by atoms with Crippen LogP contribution in [0.3, 0.4) is 0 Å². The number of rotatable bonds is 7. The number of hydrogen-bond donors (Lipinski definition) is 4. The Morgan fingerprint density at radius 2 is 1.91 bits per heavy atom. The number of ether oxygens (including phenoxy) is 1. The molecule has 0 radical (unpaired) electrons. The molecule has 0 heterocycles. The van der Waals surface area contributed by atoms with Crippen molar-refractivity contribution in [1.82, 2.24) is 0 Å². The van der Waals surface area contributed by atoms with Crippen molar-refractivity contribution >= 4 is 23.5 Å². The van der Waals surface area contributed by atoms with Crippen molar-refractivity contribution in [1.29, 1.82) is 0 Å². The van der Waals surface area contributed by atoms with Crippen molar-refractivity contribution in [2.75, 3.05) is 6.61 Å². The van der Waals surface area contributed by atoms with Crippen LogP contribution in [0.15, 0.2) is 11.6 Å². The molecule has 3 saturated carbocycles. The fourth-order valence-electron chi connectivity index (χ4n) is 7.91. The van der Waals surface area contributed by atoms with Crippen LogP contribution >= 0.6 is 0 Å². The molecule has 5 N–H and O–H groups in total. The molecule has 4 aliphatic rings. The van der Waals surface area contributed by atoms with Crippen molar-refractivity contribution in [3.8, 4) is 0 Å². The zero-order valence-corrected chi connectivity index (χ0v) is 20.5. The zero-order valence-electron chi connectivity index (χ0n) is 20.5. The van der Waals surface area contributed by atoms with Crippen LogP contribution in [0.5, 0.6) is 0 Å². The molecule has 3 fully saturated rings. The summed E-state index contributed by atoms with van der Waals surface area (Å²) in [5.41, 5.74) is 3.91. The lowest BCUT2D eigenvalue weighted by Gasteiger charge is -2.60. The first-order valence-corrected chi connectivity index (χ1v) is 12.6. The third kappa shape index (κ3) is 4.15. The average Bonchev–Trinajstić information content (AvgIpc) is 3.06. The Kier molecular flexibility index (Phi) is 6.74. The predicted octanol–water partition coefficient (Wildman–Crippen LogP) is 1.52. The average molecular weight is 492 g/mol. The summed E-state index contributed by atoms with van der Waals surface area (Å²) in [6, 6.07) is -1.16. The van der Waals surface area contributed by atoms with E-state index in [1.807, 2.05) is 6.92 Å². The van der Waals surface area contributed by atoms with Crippen molar-refractivity contribution in [2.24, 2.45) is 34.3 Å². The summed E-state index contributed by atoms with van der Waals surface area (Å²) in [6.07, 6.45) is 4.51. The molecule has 9 nitrogen and oxygen atoms in total. The third-order valence-electron chi connectivity index (χ3n) is 9.83. The van der Waals surface area contributed by atoms with Gasteiger partial charge in [0, 0.05) is 18.3 Å². The van der Waals surface area contributed by atoms with Crippen LogP contribution in [-0.4, -0.2) is 63.2 Å². The number of fused-ring (bicyclic) bond motifs is 5. The number of carboxylic acids is 1. The number of carbonyl (C=O) groups is 4. The quantitative estimate of drug-likeness (QED) is 0.386. The minimum atomic E-state index is -1.74. The van der Waals surface area contributed by atoms with E-state index in [0.717, 1.165) is 18.4 Å². The van der Waals surface area contributed by atoms with Gasteiger partial charge in [0.1, 0.15) is 11.6 Å². The Balaban J connectivity index is 1.49. The SMILES string of the molecule is C[C@]12CCC(=O)C=C1CCC1C2C(O)C[C@@]2(C)C1CC[C@]2(O)C(=O)COC(=O)[C@@H](N)CCC(=O)O. The van der Waals surface area contributed by atoms with Crippen LogP contribution in [0, 0.1) is 28.6 Å². The van der Waals surface area contributed by atoms with Crippen LogP contribution in [0.25, 0.3) is 0 Å². The Bertz CT molecular complexity index is 961. The van der Waals surface area contributed by atoms with E-state index in [4.69, 9.17) is 15.6 Å². The highest BCUT2D eigenvalue weighted by atomic mass is 16.5. The fraction of sp³-hybridized carbons (Fsp3) is 0.769. The van der Waals surface area contributed by atoms with Gasteiger partial charge in [0.15, 0.2) is 12.4 Å². The number of ketones is 2. The summed E-state index contributed by atoms with van der Waals surface area (Å²) >= 11 is 0. The molecule has 0 saturated heterocycles. The molecule has 0 spiro atoms. The molecule has 9 heteroatoms. The Morgan fingerprint density at radius 1 is 1.20 bits per heavy atom. The third-order valence-corrected chi connectivity index (χ3v) is 9.83. The van der Waals surface area contributed by atoms with E-state index in [2.05, 4.69) is 6.92 Å². The molecule has 0 aliphatic heterocycles. The molecule has 0 bridgehead atoms. The van der Waals surface area contributed by atoms with Crippen LogP contribution in [-0.2, 0) is 23.9 Å². The topological polar surface area (TPSA) is 164 Å². The Hall–Kier alpha value is -2.10. The Labute approximate surface area is 205 Å². The van der Waals surface area contributed by atoms with Gasteiger partial charge < -0.3 is 25.8 Å². The molecular weight excluding hydrogens is 454 g/mol. The number of nitrogens with two attached hydrogens (primary N) is 1. The number of esters is 1. The summed E-state index contributed by atoms with van der Waals surface area (Å²) in [5.74, 6) is -2.32. The second kappa shape index (κ2) is 9.09. The van der Waals surface area contributed by atoms with E-state index in [1.165, 1.54) is 0 Å². The second-order valence-corrected chi connectivity index (χ2v) is 11.5. The molecule has 8 atom stereocenters. The molecule has 0 aromatic carbocycles. The lowest BCUT2D eigenvalue weighted by molar-refractivity contribution is -0.184. The fourth-order valence-corrected chi connectivity index (χ4v) is 7.91. The van der Waals surface area contributed by atoms with Crippen LogP contribution in [0.4, 0.5) is 0 Å². The largest absolute Gasteiger partial charge is 0.481 e. The van der Waals surface area contributed by atoms with E-state index >= 15 is 0 Å². The van der Waals surface area contributed by atoms with Crippen LogP contribution in [0.1, 0.15) is 71.6 Å². The minimum absolute atomic E-state index is 0.0226. The number of Topliss-reactive ketones (excluding diaryl/α,β-unsaturated/α-hetero) is 1. The van der Waals surface area contributed by atoms with Gasteiger partial charge in [-0.2, -0.15) is 0 Å². The first-order valence-electron chi connectivity index (χ1n) is 12.6. The Morgan fingerprint density at radius 3 is 2.60 bits per heavy atom. The normalized spacial score (nSPS) is 41.2. The second-order valence-electron chi connectivity index (χ2n) is 11.5. The van der Waals surface area contributed by atoms with Gasteiger partial charge in [0.25, 0.3) is 0 Å². The van der Waals surface area contributed by atoms with Crippen LogP contribution < -0.4 is 5.73 Å². The van der Waals surface area contributed by atoms with Crippen molar-refractivity contribution < 1.29 is 39.2 Å². The smallest absolute Gasteiger partial charge is 0.323 e. The van der Waals surface area contributed by atoms with Gasteiger partial charge >= 0.3 is 11.9 Å². The first kappa shape index (κ1) is 26.0. The molecular formula is C26H37NO8. The molecule has 0 aromatic rings. The van der Waals surface area contributed by atoms with E-state index in [1.54, 1.807) is 6.08 Å². The molecule has 4 aliphatic carbocycles. The summed E-state index contributed by atoms with van der Waals surface area (Å²) in [4.78, 5) is 48.1. The highest BCUT2D eigenvalue weighted by Crippen LogP contribution is 2.67. The summed E-state index contributed by atoms with van der Waals surface area (Å²) < 4.78 is 5.06. The maximum atomic E-state index is 13.2. The van der Waals surface area contributed by atoms with E-state index in [9.17, 15) is 29.4 Å².